The SMILES string of the molecule is Cc1ccc(OCCCC(=O)C(CC(=O)[O-])S(=O)(=O)[O-])cc1. The third-order valence-corrected chi connectivity index (χ3v) is 4.04. The van der Waals surface area contributed by atoms with E-state index in [9.17, 15) is 27.7 Å². The number of ether oxygens (including phenoxy) is 1. The molecule has 0 heterocycles. The Bertz CT molecular complexity index is 619. The molecule has 0 fully saturated rings. The normalized spacial score (nSPS) is 12.6. The van der Waals surface area contributed by atoms with E-state index in [0.717, 1.165) is 5.56 Å². The Morgan fingerprint density at radius 1 is 1.23 bits per heavy atom. The first-order valence-electron chi connectivity index (χ1n) is 6.57. The molecule has 0 bridgehead atoms. The Hall–Kier alpha value is -1.93. The highest BCUT2D eigenvalue weighted by Crippen LogP contribution is 2.13. The van der Waals surface area contributed by atoms with Crippen molar-refractivity contribution in [3.8, 4) is 5.75 Å². The average molecular weight is 328 g/mol. The van der Waals surface area contributed by atoms with Crippen LogP contribution in [0.5, 0.6) is 5.75 Å². The van der Waals surface area contributed by atoms with Gasteiger partial charge in [-0.05, 0) is 25.5 Å². The lowest BCUT2D eigenvalue weighted by molar-refractivity contribution is -0.305. The second-order valence-corrected chi connectivity index (χ2v) is 6.34. The predicted molar refractivity (Wildman–Crippen MR) is 74.0 cm³/mol. The number of aliphatic carboxylic acids is 1. The molecule has 22 heavy (non-hydrogen) atoms. The fourth-order valence-electron chi connectivity index (χ4n) is 1.76. The van der Waals surface area contributed by atoms with Gasteiger partial charge in [-0.1, -0.05) is 17.7 Å². The van der Waals surface area contributed by atoms with Crippen LogP contribution in [0.2, 0.25) is 0 Å². The van der Waals surface area contributed by atoms with Crippen LogP contribution in [-0.4, -0.2) is 36.6 Å². The zero-order valence-corrected chi connectivity index (χ0v) is 12.8. The smallest absolute Gasteiger partial charge is 0.150 e. The van der Waals surface area contributed by atoms with Crippen molar-refractivity contribution < 1.29 is 32.4 Å². The van der Waals surface area contributed by atoms with Gasteiger partial charge in [0.25, 0.3) is 0 Å². The molecule has 0 aliphatic carbocycles. The zero-order valence-electron chi connectivity index (χ0n) is 12.0. The van der Waals surface area contributed by atoms with Crippen molar-refractivity contribution >= 4 is 21.9 Å². The van der Waals surface area contributed by atoms with Gasteiger partial charge >= 0.3 is 0 Å². The lowest BCUT2D eigenvalue weighted by atomic mass is 10.1. The van der Waals surface area contributed by atoms with Crippen LogP contribution in [0, 0.1) is 6.92 Å². The van der Waals surface area contributed by atoms with Gasteiger partial charge in [0.15, 0.2) is 0 Å². The molecule has 1 rings (SSSR count). The van der Waals surface area contributed by atoms with Crippen LogP contribution in [0.3, 0.4) is 0 Å². The van der Waals surface area contributed by atoms with Crippen LogP contribution in [0.25, 0.3) is 0 Å². The fraction of sp³-hybridized carbons (Fsp3) is 0.429. The Kier molecular flexibility index (Phi) is 6.51. The molecule has 1 unspecified atom stereocenters. The van der Waals surface area contributed by atoms with Crippen LogP contribution < -0.4 is 9.84 Å². The van der Waals surface area contributed by atoms with Gasteiger partial charge in [0, 0.05) is 18.8 Å². The maximum absolute atomic E-state index is 11.7. The molecule has 0 aliphatic heterocycles. The van der Waals surface area contributed by atoms with Gasteiger partial charge in [-0.2, -0.15) is 0 Å². The molecule has 1 aromatic rings. The van der Waals surface area contributed by atoms with Gasteiger partial charge in [-0.25, -0.2) is 8.42 Å². The number of hydrogen-bond donors (Lipinski definition) is 0. The molecule has 7 nitrogen and oxygen atoms in total. The minimum Gasteiger partial charge on any atom is -0.747 e. The Balaban J connectivity index is 2.46. The molecule has 0 aliphatic rings. The number of hydrogen-bond acceptors (Lipinski definition) is 7. The predicted octanol–water partition coefficient (Wildman–Crippen LogP) is -0.223. The maximum Gasteiger partial charge on any atom is 0.150 e. The number of carboxylic acids is 1. The third-order valence-electron chi connectivity index (χ3n) is 2.92. The van der Waals surface area contributed by atoms with Crippen molar-refractivity contribution in [2.45, 2.75) is 31.4 Å². The number of carbonyl (C=O) groups excluding carboxylic acids is 2. The van der Waals surface area contributed by atoms with Crippen molar-refractivity contribution in [3.05, 3.63) is 29.8 Å². The minimum atomic E-state index is -5.01. The highest BCUT2D eigenvalue weighted by molar-refractivity contribution is 7.87. The average Bonchev–Trinajstić information content (AvgIpc) is 2.41. The second-order valence-electron chi connectivity index (χ2n) is 4.79. The number of benzene rings is 1. The van der Waals surface area contributed by atoms with Gasteiger partial charge in [0.1, 0.15) is 26.9 Å². The Morgan fingerprint density at radius 3 is 2.32 bits per heavy atom. The van der Waals surface area contributed by atoms with Gasteiger partial charge in [0.05, 0.1) is 6.61 Å². The van der Waals surface area contributed by atoms with Gasteiger partial charge in [-0.3, -0.25) is 4.79 Å². The number of carbonyl (C=O) groups is 2. The van der Waals surface area contributed by atoms with Crippen molar-refractivity contribution in [1.82, 2.24) is 0 Å². The molecule has 1 aromatic carbocycles. The summed E-state index contributed by atoms with van der Waals surface area (Å²) < 4.78 is 38.0. The summed E-state index contributed by atoms with van der Waals surface area (Å²) in [7, 11) is -5.01. The first-order chi connectivity index (χ1) is 10.2. The first-order valence-corrected chi connectivity index (χ1v) is 8.04. The Morgan fingerprint density at radius 2 is 1.82 bits per heavy atom. The molecule has 8 heteroatoms. The largest absolute Gasteiger partial charge is 0.747 e. The topological polar surface area (TPSA) is 124 Å². The molecule has 122 valence electrons. The van der Waals surface area contributed by atoms with E-state index >= 15 is 0 Å². The lowest BCUT2D eigenvalue weighted by Gasteiger charge is -2.19. The highest BCUT2D eigenvalue weighted by Gasteiger charge is 2.24. The van der Waals surface area contributed by atoms with Crippen LogP contribution >= 0.6 is 0 Å². The number of Topliss-reactive ketones (excluding diaryl/α,β-unsaturated/α-hetero) is 1. The quantitative estimate of drug-likeness (QED) is 0.453. The van der Waals surface area contributed by atoms with Crippen molar-refractivity contribution in [2.24, 2.45) is 0 Å². The van der Waals surface area contributed by atoms with E-state index in [1.165, 1.54) is 0 Å². The third kappa shape index (κ3) is 6.23. The molecule has 1 atom stereocenters. The highest BCUT2D eigenvalue weighted by atomic mass is 32.2. The van der Waals surface area contributed by atoms with Gasteiger partial charge in [-0.15, -0.1) is 0 Å². The molecular weight excluding hydrogens is 312 g/mol. The summed E-state index contributed by atoms with van der Waals surface area (Å²) >= 11 is 0. The summed E-state index contributed by atoms with van der Waals surface area (Å²) in [5, 5.41) is 8.31. The maximum atomic E-state index is 11.7. The summed E-state index contributed by atoms with van der Waals surface area (Å²) in [5.41, 5.74) is 1.06. The molecule has 0 N–H and O–H groups in total. The van der Waals surface area contributed by atoms with Crippen molar-refractivity contribution in [1.29, 1.82) is 0 Å². The zero-order chi connectivity index (χ0) is 16.8. The van der Waals surface area contributed by atoms with E-state index in [0.29, 0.717) is 5.75 Å². The second kappa shape index (κ2) is 7.90. The molecule has 0 saturated heterocycles. The van der Waals surface area contributed by atoms with Crippen LogP contribution in [0.15, 0.2) is 24.3 Å². The van der Waals surface area contributed by atoms with Crippen LogP contribution in [0.4, 0.5) is 0 Å². The van der Waals surface area contributed by atoms with Crippen LogP contribution in [0.1, 0.15) is 24.8 Å². The number of ketones is 1. The summed E-state index contributed by atoms with van der Waals surface area (Å²) in [5.74, 6) is -2.10. The van der Waals surface area contributed by atoms with E-state index in [-0.39, 0.29) is 19.4 Å². The standard InChI is InChI=1S/C14H18O7S/c1-10-4-6-11(7-5-10)21-8-2-3-12(15)13(9-14(16)17)22(18,19)20/h4-7,13H,2-3,8-9H2,1H3,(H,16,17)(H,18,19,20)/p-2. The molecule has 0 radical (unpaired) electrons. The summed E-state index contributed by atoms with van der Waals surface area (Å²) in [6.45, 7) is 2.06. The number of aryl methyl sites for hydroxylation is 1. The van der Waals surface area contributed by atoms with Gasteiger partial charge < -0.3 is 19.2 Å². The van der Waals surface area contributed by atoms with E-state index in [4.69, 9.17) is 4.74 Å². The molecular formula is C14H16O7S-2. The molecule has 0 aromatic heterocycles. The van der Waals surface area contributed by atoms with Gasteiger partial charge in [0.2, 0.25) is 0 Å². The number of rotatable bonds is 9. The van der Waals surface area contributed by atoms with Crippen molar-refractivity contribution in [2.75, 3.05) is 6.61 Å². The van der Waals surface area contributed by atoms with E-state index in [1.807, 2.05) is 19.1 Å². The first kappa shape index (κ1) is 18.1. The van der Waals surface area contributed by atoms with Crippen LogP contribution in [-0.2, 0) is 19.7 Å². The molecule has 0 saturated carbocycles. The fourth-order valence-corrected chi connectivity index (χ4v) is 2.54. The minimum absolute atomic E-state index is 0.145. The molecule has 0 amide bonds. The monoisotopic (exact) mass is 328 g/mol. The summed E-state index contributed by atoms with van der Waals surface area (Å²) in [6.07, 6.45) is -1.21. The summed E-state index contributed by atoms with van der Waals surface area (Å²) in [4.78, 5) is 22.1. The lowest BCUT2D eigenvalue weighted by Crippen LogP contribution is -2.37. The number of carboxylic acid groups (broad SMARTS) is 1. The summed E-state index contributed by atoms with van der Waals surface area (Å²) in [6, 6.07) is 7.19. The van der Waals surface area contributed by atoms with E-state index in [1.54, 1.807) is 12.1 Å². The van der Waals surface area contributed by atoms with E-state index in [2.05, 4.69) is 0 Å². The van der Waals surface area contributed by atoms with E-state index < -0.39 is 33.5 Å². The molecule has 0 spiro atoms. The Labute approximate surface area is 128 Å². The van der Waals surface area contributed by atoms with Crippen molar-refractivity contribution in [3.63, 3.8) is 0 Å².